The predicted molar refractivity (Wildman–Crippen MR) is 68.4 cm³/mol. The summed E-state index contributed by atoms with van der Waals surface area (Å²) < 4.78 is 4.69. The molecule has 0 spiro atoms. The van der Waals surface area contributed by atoms with Crippen LogP contribution >= 0.6 is 0 Å². The van der Waals surface area contributed by atoms with Gasteiger partial charge < -0.3 is 10.5 Å². The van der Waals surface area contributed by atoms with Crippen molar-refractivity contribution in [2.24, 2.45) is 0 Å². The minimum Gasteiger partial charge on any atom is -0.468 e. The van der Waals surface area contributed by atoms with Gasteiger partial charge >= 0.3 is 5.97 Å². The average molecular weight is 236 g/mol. The summed E-state index contributed by atoms with van der Waals surface area (Å²) in [5.74, 6) is -0.229. The first-order valence-corrected chi connectivity index (χ1v) is 5.68. The van der Waals surface area contributed by atoms with Gasteiger partial charge in [0, 0.05) is 18.3 Å². The Morgan fingerprint density at radius 1 is 1.41 bits per heavy atom. The summed E-state index contributed by atoms with van der Waals surface area (Å²) in [4.78, 5) is 13.3. The van der Waals surface area contributed by atoms with Crippen LogP contribution in [0.25, 0.3) is 0 Å². The number of anilines is 1. The average Bonchev–Trinajstić information content (AvgIpc) is 2.30. The summed E-state index contributed by atoms with van der Waals surface area (Å²) in [6, 6.07) is 7.95. The third-order valence-corrected chi connectivity index (χ3v) is 2.72. The second-order valence-corrected chi connectivity index (χ2v) is 4.27. The van der Waals surface area contributed by atoms with E-state index in [-0.39, 0.29) is 18.6 Å². The number of nitrogen functional groups attached to an aromatic ring is 1. The zero-order valence-electron chi connectivity index (χ0n) is 10.6. The van der Waals surface area contributed by atoms with Crippen LogP contribution in [-0.2, 0) is 16.1 Å². The van der Waals surface area contributed by atoms with E-state index < -0.39 is 0 Å². The topological polar surface area (TPSA) is 55.6 Å². The van der Waals surface area contributed by atoms with Crippen LogP contribution in [0.15, 0.2) is 24.3 Å². The molecule has 0 radical (unpaired) electrons. The largest absolute Gasteiger partial charge is 0.468 e. The first-order chi connectivity index (χ1) is 8.04. The molecule has 1 aromatic carbocycles. The fraction of sp³-hybridized carbons (Fsp3) is 0.462. The highest BCUT2D eigenvalue weighted by molar-refractivity contribution is 5.71. The molecule has 0 bridgehead atoms. The van der Waals surface area contributed by atoms with Gasteiger partial charge in [0.1, 0.15) is 0 Å². The number of benzene rings is 1. The lowest BCUT2D eigenvalue weighted by Crippen LogP contribution is -2.35. The van der Waals surface area contributed by atoms with Crippen LogP contribution in [0.3, 0.4) is 0 Å². The van der Waals surface area contributed by atoms with Crippen LogP contribution < -0.4 is 5.73 Å². The number of para-hydroxylation sites is 1. The Morgan fingerprint density at radius 2 is 2.06 bits per heavy atom. The van der Waals surface area contributed by atoms with Crippen molar-refractivity contribution in [2.45, 2.75) is 26.4 Å². The Kier molecular flexibility index (Phi) is 4.97. The minimum absolute atomic E-state index is 0.229. The molecule has 4 heteroatoms. The second-order valence-electron chi connectivity index (χ2n) is 4.27. The monoisotopic (exact) mass is 236 g/mol. The van der Waals surface area contributed by atoms with Crippen molar-refractivity contribution in [1.29, 1.82) is 0 Å². The van der Waals surface area contributed by atoms with Gasteiger partial charge in [-0.3, -0.25) is 9.69 Å². The first kappa shape index (κ1) is 13.5. The second kappa shape index (κ2) is 6.25. The summed E-state index contributed by atoms with van der Waals surface area (Å²) >= 11 is 0. The Morgan fingerprint density at radius 3 is 2.59 bits per heavy atom. The Balaban J connectivity index is 2.74. The molecule has 1 aromatic rings. The van der Waals surface area contributed by atoms with E-state index in [0.29, 0.717) is 6.54 Å². The smallest absolute Gasteiger partial charge is 0.319 e. The molecular formula is C13H20N2O2. The van der Waals surface area contributed by atoms with E-state index in [9.17, 15) is 4.79 Å². The van der Waals surface area contributed by atoms with Crippen molar-refractivity contribution in [3.63, 3.8) is 0 Å². The van der Waals surface area contributed by atoms with Crippen LogP contribution in [0.4, 0.5) is 5.69 Å². The summed E-state index contributed by atoms with van der Waals surface area (Å²) in [5, 5.41) is 0. The fourth-order valence-electron chi connectivity index (χ4n) is 1.55. The molecule has 0 aliphatic heterocycles. The van der Waals surface area contributed by atoms with Gasteiger partial charge in [0.25, 0.3) is 0 Å². The number of hydrogen-bond acceptors (Lipinski definition) is 4. The third-order valence-electron chi connectivity index (χ3n) is 2.72. The lowest BCUT2D eigenvalue weighted by atomic mass is 10.1. The van der Waals surface area contributed by atoms with Gasteiger partial charge in [-0.15, -0.1) is 0 Å². The number of esters is 1. The maximum atomic E-state index is 11.3. The van der Waals surface area contributed by atoms with Gasteiger partial charge in [0.15, 0.2) is 0 Å². The van der Waals surface area contributed by atoms with Crippen molar-refractivity contribution < 1.29 is 9.53 Å². The molecule has 1 rings (SSSR count). The van der Waals surface area contributed by atoms with Gasteiger partial charge in [-0.05, 0) is 25.5 Å². The third kappa shape index (κ3) is 4.07. The number of carbonyl (C=O) groups excluding carboxylic acids is 1. The van der Waals surface area contributed by atoms with E-state index in [1.165, 1.54) is 7.11 Å². The lowest BCUT2D eigenvalue weighted by Gasteiger charge is -2.25. The van der Waals surface area contributed by atoms with Gasteiger partial charge in [-0.1, -0.05) is 18.2 Å². The standard InChI is InChI=1S/C13H20N2O2/c1-10(2)15(9-13(16)17-3)8-11-6-4-5-7-12(11)14/h4-7,10H,8-9,14H2,1-3H3. The molecule has 0 heterocycles. The molecule has 17 heavy (non-hydrogen) atoms. The quantitative estimate of drug-likeness (QED) is 0.624. The molecule has 0 saturated heterocycles. The highest BCUT2D eigenvalue weighted by atomic mass is 16.5. The van der Waals surface area contributed by atoms with Crippen LogP contribution in [0.2, 0.25) is 0 Å². The van der Waals surface area contributed by atoms with Gasteiger partial charge in [-0.25, -0.2) is 0 Å². The zero-order chi connectivity index (χ0) is 12.8. The van der Waals surface area contributed by atoms with Gasteiger partial charge in [0.2, 0.25) is 0 Å². The lowest BCUT2D eigenvalue weighted by molar-refractivity contribution is -0.142. The molecule has 4 nitrogen and oxygen atoms in total. The predicted octanol–water partition coefficient (Wildman–Crippen LogP) is 1.65. The van der Waals surface area contributed by atoms with Crippen molar-refractivity contribution in [2.75, 3.05) is 19.4 Å². The maximum absolute atomic E-state index is 11.3. The summed E-state index contributed by atoms with van der Waals surface area (Å²) in [7, 11) is 1.40. The van der Waals surface area contributed by atoms with E-state index >= 15 is 0 Å². The van der Waals surface area contributed by atoms with Crippen LogP contribution in [-0.4, -0.2) is 30.6 Å². The van der Waals surface area contributed by atoms with Crippen LogP contribution in [0.5, 0.6) is 0 Å². The first-order valence-electron chi connectivity index (χ1n) is 5.68. The number of hydrogen-bond donors (Lipinski definition) is 1. The molecule has 0 saturated carbocycles. The number of rotatable bonds is 5. The number of methoxy groups -OCH3 is 1. The fourth-order valence-corrected chi connectivity index (χ4v) is 1.55. The number of carbonyl (C=O) groups is 1. The SMILES string of the molecule is COC(=O)CN(Cc1ccccc1N)C(C)C. The maximum Gasteiger partial charge on any atom is 0.319 e. The van der Waals surface area contributed by atoms with Crippen molar-refractivity contribution in [1.82, 2.24) is 4.90 Å². The molecule has 0 aliphatic carbocycles. The van der Waals surface area contributed by atoms with Gasteiger partial charge in [0.05, 0.1) is 13.7 Å². The minimum atomic E-state index is -0.229. The molecule has 2 N–H and O–H groups in total. The molecule has 0 unspecified atom stereocenters. The van der Waals surface area contributed by atoms with Gasteiger partial charge in [-0.2, -0.15) is 0 Å². The molecule has 94 valence electrons. The number of ether oxygens (including phenoxy) is 1. The number of nitrogens with two attached hydrogens (primary N) is 1. The van der Waals surface area contributed by atoms with E-state index in [2.05, 4.69) is 4.74 Å². The Bertz CT molecular complexity index is 377. The summed E-state index contributed by atoms with van der Waals surface area (Å²) in [6.07, 6.45) is 0. The summed E-state index contributed by atoms with van der Waals surface area (Å²) in [5.41, 5.74) is 7.67. The number of nitrogens with zero attached hydrogens (tertiary/aromatic N) is 1. The van der Waals surface area contributed by atoms with E-state index in [0.717, 1.165) is 11.3 Å². The zero-order valence-corrected chi connectivity index (χ0v) is 10.6. The van der Waals surface area contributed by atoms with Crippen molar-refractivity contribution >= 4 is 11.7 Å². The van der Waals surface area contributed by atoms with Crippen LogP contribution in [0, 0.1) is 0 Å². The normalized spacial score (nSPS) is 10.9. The summed E-state index contributed by atoms with van der Waals surface area (Å²) in [6.45, 7) is 5.02. The van der Waals surface area contributed by atoms with Crippen LogP contribution in [0.1, 0.15) is 19.4 Å². The highest BCUT2D eigenvalue weighted by Gasteiger charge is 2.15. The van der Waals surface area contributed by atoms with Crippen molar-refractivity contribution in [3.8, 4) is 0 Å². The molecule has 0 aromatic heterocycles. The molecule has 0 amide bonds. The molecular weight excluding hydrogens is 216 g/mol. The Hall–Kier alpha value is -1.55. The highest BCUT2D eigenvalue weighted by Crippen LogP contribution is 2.14. The van der Waals surface area contributed by atoms with Crippen molar-refractivity contribution in [3.05, 3.63) is 29.8 Å². The molecule has 0 atom stereocenters. The molecule has 0 aliphatic rings. The van der Waals surface area contributed by atoms with E-state index in [1.54, 1.807) is 0 Å². The van der Waals surface area contributed by atoms with E-state index in [4.69, 9.17) is 5.73 Å². The molecule has 0 fully saturated rings. The van der Waals surface area contributed by atoms with E-state index in [1.807, 2.05) is 43.0 Å². The Labute approximate surface area is 102 Å².